The second kappa shape index (κ2) is 4.46. The van der Waals surface area contributed by atoms with Crippen molar-refractivity contribution in [2.75, 3.05) is 18.5 Å². The third-order valence-electron chi connectivity index (χ3n) is 2.94. The number of anilines is 1. The number of carbonyl (C=O) groups is 2. The minimum atomic E-state index is -1.04. The molecule has 1 aromatic rings. The van der Waals surface area contributed by atoms with Crippen LogP contribution in [-0.2, 0) is 9.59 Å². The number of hydrogen-bond acceptors (Lipinski definition) is 4. The Labute approximate surface area is 111 Å². The zero-order valence-corrected chi connectivity index (χ0v) is 11.1. The molecular weight excluding hydrogens is 248 g/mol. The molecule has 6 nitrogen and oxygen atoms in total. The average Bonchev–Trinajstić information content (AvgIpc) is 2.35. The van der Waals surface area contributed by atoms with E-state index in [4.69, 9.17) is 4.74 Å². The summed E-state index contributed by atoms with van der Waals surface area (Å²) in [6, 6.07) is 4.46. The van der Waals surface area contributed by atoms with Gasteiger partial charge in [-0.2, -0.15) is 0 Å². The maximum Gasteiger partial charge on any atom is 0.271 e. The number of nitrogens with zero attached hydrogens (tertiary/aromatic N) is 1. The van der Waals surface area contributed by atoms with Crippen molar-refractivity contribution >= 4 is 17.5 Å². The Kier molecular flexibility index (Phi) is 3.09. The van der Waals surface area contributed by atoms with Gasteiger partial charge in [-0.15, -0.1) is 0 Å². The number of rotatable bonds is 2. The molecule has 0 radical (unpaired) electrons. The van der Waals surface area contributed by atoms with Crippen LogP contribution in [0.15, 0.2) is 18.2 Å². The summed E-state index contributed by atoms with van der Waals surface area (Å²) in [5, 5.41) is 12.0. The molecule has 0 unspecified atom stereocenters. The molecule has 102 valence electrons. The number of aromatic hydroxyl groups is 1. The van der Waals surface area contributed by atoms with Crippen LogP contribution in [0.5, 0.6) is 11.5 Å². The van der Waals surface area contributed by atoms with Crippen LogP contribution in [0.2, 0.25) is 0 Å². The van der Waals surface area contributed by atoms with Gasteiger partial charge in [-0.25, -0.2) is 0 Å². The first-order chi connectivity index (χ1) is 8.85. The predicted molar refractivity (Wildman–Crippen MR) is 69.2 cm³/mol. The van der Waals surface area contributed by atoms with E-state index in [1.54, 1.807) is 19.9 Å². The van der Waals surface area contributed by atoms with Crippen molar-refractivity contribution in [1.29, 1.82) is 0 Å². The first kappa shape index (κ1) is 13.2. The topological polar surface area (TPSA) is 78.9 Å². The lowest BCUT2D eigenvalue weighted by Gasteiger charge is -2.38. The highest BCUT2D eigenvalue weighted by Crippen LogP contribution is 2.39. The number of fused-ring (bicyclic) bond motifs is 1. The van der Waals surface area contributed by atoms with E-state index in [0.717, 1.165) is 0 Å². The number of phenols is 1. The second-order valence-electron chi connectivity index (χ2n) is 4.83. The smallest absolute Gasteiger partial charge is 0.271 e. The molecule has 2 amide bonds. The number of benzene rings is 1. The lowest BCUT2D eigenvalue weighted by atomic mass is 10.0. The molecule has 19 heavy (non-hydrogen) atoms. The quantitative estimate of drug-likeness (QED) is 0.821. The predicted octanol–water partition coefficient (Wildman–Crippen LogP) is 0.642. The van der Waals surface area contributed by atoms with Crippen molar-refractivity contribution in [3.8, 4) is 11.5 Å². The van der Waals surface area contributed by atoms with E-state index in [0.29, 0.717) is 11.4 Å². The van der Waals surface area contributed by atoms with Gasteiger partial charge in [0.05, 0.1) is 5.69 Å². The van der Waals surface area contributed by atoms with E-state index in [2.05, 4.69) is 5.32 Å². The zero-order valence-electron chi connectivity index (χ0n) is 11.1. The lowest BCUT2D eigenvalue weighted by molar-refractivity contribution is -0.134. The van der Waals surface area contributed by atoms with Crippen LogP contribution in [0.1, 0.15) is 13.8 Å². The summed E-state index contributed by atoms with van der Waals surface area (Å²) < 4.78 is 5.60. The molecule has 0 saturated carbocycles. The fraction of sp³-hybridized carbons (Fsp3) is 0.385. The summed E-state index contributed by atoms with van der Waals surface area (Å²) in [7, 11) is 1.50. The largest absolute Gasteiger partial charge is 0.508 e. The molecule has 2 N–H and O–H groups in total. The maximum atomic E-state index is 12.3. The Balaban J connectivity index is 2.47. The number of likely N-dealkylation sites (N-methyl/N-ethyl adjacent to an activating group) is 1. The van der Waals surface area contributed by atoms with Crippen LogP contribution in [0.25, 0.3) is 0 Å². The molecule has 0 aromatic heterocycles. The van der Waals surface area contributed by atoms with E-state index < -0.39 is 5.60 Å². The number of amides is 2. The molecule has 0 aliphatic carbocycles. The summed E-state index contributed by atoms with van der Waals surface area (Å²) in [6.07, 6.45) is 0. The van der Waals surface area contributed by atoms with Gasteiger partial charge in [0.15, 0.2) is 5.60 Å². The zero-order chi connectivity index (χ0) is 14.2. The van der Waals surface area contributed by atoms with E-state index in [-0.39, 0.29) is 24.1 Å². The fourth-order valence-electron chi connectivity index (χ4n) is 1.94. The second-order valence-corrected chi connectivity index (χ2v) is 4.83. The Bertz CT molecular complexity index is 539. The minimum absolute atomic E-state index is 0.0109. The van der Waals surface area contributed by atoms with Crippen molar-refractivity contribution in [3.05, 3.63) is 18.2 Å². The van der Waals surface area contributed by atoms with Gasteiger partial charge in [0, 0.05) is 13.1 Å². The third-order valence-corrected chi connectivity index (χ3v) is 2.94. The molecule has 1 aliphatic heterocycles. The van der Waals surface area contributed by atoms with E-state index in [1.165, 1.54) is 24.1 Å². The molecule has 1 aromatic carbocycles. The van der Waals surface area contributed by atoms with Crippen LogP contribution < -0.4 is 15.0 Å². The third kappa shape index (κ3) is 2.33. The molecule has 2 rings (SSSR count). The molecule has 0 spiro atoms. The molecule has 1 aliphatic rings. The number of nitrogens with one attached hydrogen (secondary N) is 1. The maximum absolute atomic E-state index is 12.3. The van der Waals surface area contributed by atoms with Gasteiger partial charge in [-0.1, -0.05) is 0 Å². The van der Waals surface area contributed by atoms with Crippen molar-refractivity contribution < 1.29 is 19.4 Å². The van der Waals surface area contributed by atoms with Gasteiger partial charge >= 0.3 is 0 Å². The van der Waals surface area contributed by atoms with Crippen LogP contribution in [0.4, 0.5) is 5.69 Å². The first-order valence-electron chi connectivity index (χ1n) is 5.90. The van der Waals surface area contributed by atoms with Crippen LogP contribution in [0.3, 0.4) is 0 Å². The summed E-state index contributed by atoms with van der Waals surface area (Å²) >= 11 is 0. The number of carbonyl (C=O) groups excluding carboxylic acids is 2. The average molecular weight is 264 g/mol. The van der Waals surface area contributed by atoms with Crippen molar-refractivity contribution in [2.24, 2.45) is 0 Å². The highest BCUT2D eigenvalue weighted by Gasteiger charge is 2.41. The normalized spacial score (nSPS) is 16.6. The SMILES string of the molecule is CNC(=O)CN1C(=O)C(C)(C)Oc2ccc(O)cc21. The first-order valence-corrected chi connectivity index (χ1v) is 5.90. The summed E-state index contributed by atoms with van der Waals surface area (Å²) in [6.45, 7) is 3.17. The van der Waals surface area contributed by atoms with Gasteiger partial charge in [0.2, 0.25) is 5.91 Å². The van der Waals surface area contributed by atoms with Crippen LogP contribution in [0, 0.1) is 0 Å². The summed E-state index contributed by atoms with van der Waals surface area (Å²) in [4.78, 5) is 25.2. The number of ether oxygens (including phenoxy) is 1. The highest BCUT2D eigenvalue weighted by molar-refractivity contribution is 6.05. The lowest BCUT2D eigenvalue weighted by Crippen LogP contribution is -2.54. The molecule has 0 fully saturated rings. The molecule has 6 heteroatoms. The molecule has 0 atom stereocenters. The van der Waals surface area contributed by atoms with E-state index in [1.807, 2.05) is 0 Å². The van der Waals surface area contributed by atoms with Crippen molar-refractivity contribution in [3.63, 3.8) is 0 Å². The van der Waals surface area contributed by atoms with Crippen molar-refractivity contribution in [1.82, 2.24) is 5.32 Å². The van der Waals surface area contributed by atoms with Gasteiger partial charge in [0.1, 0.15) is 18.0 Å². The van der Waals surface area contributed by atoms with Crippen LogP contribution >= 0.6 is 0 Å². The Morgan fingerprint density at radius 1 is 1.47 bits per heavy atom. The van der Waals surface area contributed by atoms with Gasteiger partial charge in [0.25, 0.3) is 5.91 Å². The Hall–Kier alpha value is -2.24. The Morgan fingerprint density at radius 3 is 2.79 bits per heavy atom. The standard InChI is InChI=1S/C13H16N2O4/c1-13(2)12(18)15(7-11(17)14-3)9-6-8(16)4-5-10(9)19-13/h4-6,16H,7H2,1-3H3,(H,14,17). The Morgan fingerprint density at radius 2 is 2.16 bits per heavy atom. The fourth-order valence-corrected chi connectivity index (χ4v) is 1.94. The van der Waals surface area contributed by atoms with Gasteiger partial charge < -0.3 is 15.2 Å². The van der Waals surface area contributed by atoms with Crippen LogP contribution in [-0.4, -0.2) is 36.1 Å². The number of hydrogen-bond donors (Lipinski definition) is 2. The van der Waals surface area contributed by atoms with E-state index in [9.17, 15) is 14.7 Å². The van der Waals surface area contributed by atoms with Gasteiger partial charge in [-0.3, -0.25) is 14.5 Å². The molecule has 1 heterocycles. The summed E-state index contributed by atoms with van der Waals surface area (Å²) in [5.74, 6) is -0.141. The van der Waals surface area contributed by atoms with Gasteiger partial charge in [-0.05, 0) is 26.0 Å². The summed E-state index contributed by atoms with van der Waals surface area (Å²) in [5.41, 5.74) is -0.647. The minimum Gasteiger partial charge on any atom is -0.508 e. The molecule has 0 bridgehead atoms. The van der Waals surface area contributed by atoms with E-state index >= 15 is 0 Å². The highest BCUT2D eigenvalue weighted by atomic mass is 16.5. The monoisotopic (exact) mass is 264 g/mol. The van der Waals surface area contributed by atoms with Crippen molar-refractivity contribution in [2.45, 2.75) is 19.4 Å². The molecule has 0 saturated heterocycles. The number of phenolic OH excluding ortho intramolecular Hbond substituents is 1. The molecular formula is C13H16N2O4.